The zero-order valence-corrected chi connectivity index (χ0v) is 10.0. The Balaban J connectivity index is 2.43. The number of benzene rings is 1. The van der Waals surface area contributed by atoms with Crippen molar-refractivity contribution in [2.75, 3.05) is 18.5 Å². The molecule has 15 heavy (non-hydrogen) atoms. The van der Waals surface area contributed by atoms with E-state index in [2.05, 4.69) is 50.1 Å². The Labute approximate surface area is 93.1 Å². The SMILES string of the molecule is Cc1cccc(N(C)CCCC(C)N)c1. The Morgan fingerprint density at radius 1 is 1.40 bits per heavy atom. The first-order valence-corrected chi connectivity index (χ1v) is 5.63. The summed E-state index contributed by atoms with van der Waals surface area (Å²) in [5.41, 5.74) is 8.33. The second-order valence-corrected chi connectivity index (χ2v) is 4.38. The number of nitrogens with zero attached hydrogens (tertiary/aromatic N) is 1. The molecule has 2 heteroatoms. The molecule has 0 aromatic heterocycles. The number of nitrogens with two attached hydrogens (primary N) is 1. The van der Waals surface area contributed by atoms with Gasteiger partial charge in [0.2, 0.25) is 0 Å². The molecule has 0 aliphatic heterocycles. The molecule has 1 rings (SSSR count). The lowest BCUT2D eigenvalue weighted by Crippen LogP contribution is -2.22. The van der Waals surface area contributed by atoms with E-state index >= 15 is 0 Å². The first-order chi connectivity index (χ1) is 7.09. The largest absolute Gasteiger partial charge is 0.375 e. The molecule has 2 N–H and O–H groups in total. The predicted octanol–water partition coefficient (Wildman–Crippen LogP) is 2.56. The zero-order valence-electron chi connectivity index (χ0n) is 10.0. The highest BCUT2D eigenvalue weighted by Crippen LogP contribution is 2.14. The van der Waals surface area contributed by atoms with Crippen molar-refractivity contribution in [2.24, 2.45) is 5.73 Å². The van der Waals surface area contributed by atoms with Crippen molar-refractivity contribution in [2.45, 2.75) is 32.7 Å². The summed E-state index contributed by atoms with van der Waals surface area (Å²) in [4.78, 5) is 2.29. The van der Waals surface area contributed by atoms with Gasteiger partial charge in [0.05, 0.1) is 0 Å². The molecule has 1 unspecified atom stereocenters. The Morgan fingerprint density at radius 3 is 2.73 bits per heavy atom. The van der Waals surface area contributed by atoms with E-state index in [-0.39, 0.29) is 0 Å². The fourth-order valence-corrected chi connectivity index (χ4v) is 1.64. The summed E-state index contributed by atoms with van der Waals surface area (Å²) in [5, 5.41) is 0. The minimum absolute atomic E-state index is 0.316. The van der Waals surface area contributed by atoms with E-state index in [1.165, 1.54) is 11.3 Å². The molecule has 0 spiro atoms. The number of rotatable bonds is 5. The molecule has 0 aliphatic carbocycles. The minimum atomic E-state index is 0.316. The zero-order chi connectivity index (χ0) is 11.3. The normalized spacial score (nSPS) is 12.5. The van der Waals surface area contributed by atoms with Crippen LogP contribution in [0.3, 0.4) is 0 Å². The number of hydrogen-bond donors (Lipinski definition) is 1. The van der Waals surface area contributed by atoms with Crippen LogP contribution in [0.1, 0.15) is 25.3 Å². The average Bonchev–Trinajstić information content (AvgIpc) is 2.17. The lowest BCUT2D eigenvalue weighted by Gasteiger charge is -2.20. The molecule has 0 amide bonds. The fraction of sp³-hybridized carbons (Fsp3) is 0.538. The van der Waals surface area contributed by atoms with Crippen LogP contribution in [0, 0.1) is 6.92 Å². The highest BCUT2D eigenvalue weighted by atomic mass is 15.1. The molecule has 84 valence electrons. The van der Waals surface area contributed by atoms with E-state index < -0.39 is 0 Å². The molecular formula is C13H22N2. The van der Waals surface area contributed by atoms with Gasteiger partial charge in [-0.2, -0.15) is 0 Å². The highest BCUT2D eigenvalue weighted by molar-refractivity contribution is 5.47. The van der Waals surface area contributed by atoms with Gasteiger partial charge in [0.15, 0.2) is 0 Å². The van der Waals surface area contributed by atoms with Crippen molar-refractivity contribution in [3.63, 3.8) is 0 Å². The van der Waals surface area contributed by atoms with E-state index in [4.69, 9.17) is 5.73 Å². The van der Waals surface area contributed by atoms with Crippen molar-refractivity contribution in [1.29, 1.82) is 0 Å². The standard InChI is InChI=1S/C13H22N2/c1-11-6-4-8-13(10-11)15(3)9-5-7-12(2)14/h4,6,8,10,12H,5,7,9,14H2,1-3H3. The summed E-state index contributed by atoms with van der Waals surface area (Å²) in [6.07, 6.45) is 2.25. The van der Waals surface area contributed by atoms with E-state index in [0.29, 0.717) is 6.04 Å². The summed E-state index contributed by atoms with van der Waals surface area (Å²) in [5.74, 6) is 0. The molecule has 0 saturated heterocycles. The molecule has 0 aliphatic rings. The van der Waals surface area contributed by atoms with Crippen LogP contribution < -0.4 is 10.6 Å². The lowest BCUT2D eigenvalue weighted by atomic mass is 10.1. The molecule has 0 radical (unpaired) electrons. The van der Waals surface area contributed by atoms with Crippen molar-refractivity contribution in [1.82, 2.24) is 0 Å². The molecule has 0 fully saturated rings. The van der Waals surface area contributed by atoms with Crippen LogP contribution in [0.25, 0.3) is 0 Å². The maximum atomic E-state index is 5.72. The van der Waals surface area contributed by atoms with Crippen LogP contribution in [0.2, 0.25) is 0 Å². The highest BCUT2D eigenvalue weighted by Gasteiger charge is 2.01. The van der Waals surface area contributed by atoms with Gasteiger partial charge in [-0.25, -0.2) is 0 Å². The third kappa shape index (κ3) is 4.34. The van der Waals surface area contributed by atoms with E-state index in [0.717, 1.165) is 19.4 Å². The molecule has 1 aromatic carbocycles. The smallest absolute Gasteiger partial charge is 0.0366 e. The Bertz CT molecular complexity index is 294. The molecule has 0 heterocycles. The number of hydrogen-bond acceptors (Lipinski definition) is 2. The van der Waals surface area contributed by atoms with Gasteiger partial charge < -0.3 is 10.6 Å². The van der Waals surface area contributed by atoms with Gasteiger partial charge in [0.1, 0.15) is 0 Å². The third-order valence-corrected chi connectivity index (χ3v) is 2.60. The monoisotopic (exact) mass is 206 g/mol. The Kier molecular flexibility index (Phi) is 4.63. The quantitative estimate of drug-likeness (QED) is 0.802. The Morgan fingerprint density at radius 2 is 2.13 bits per heavy atom. The van der Waals surface area contributed by atoms with Crippen molar-refractivity contribution >= 4 is 5.69 Å². The average molecular weight is 206 g/mol. The van der Waals surface area contributed by atoms with Crippen LogP contribution in [0.15, 0.2) is 24.3 Å². The number of anilines is 1. The van der Waals surface area contributed by atoms with Crippen molar-refractivity contribution in [3.8, 4) is 0 Å². The van der Waals surface area contributed by atoms with Crippen molar-refractivity contribution in [3.05, 3.63) is 29.8 Å². The van der Waals surface area contributed by atoms with Crippen molar-refractivity contribution < 1.29 is 0 Å². The second-order valence-electron chi connectivity index (χ2n) is 4.38. The molecule has 2 nitrogen and oxygen atoms in total. The molecular weight excluding hydrogens is 184 g/mol. The topological polar surface area (TPSA) is 29.3 Å². The first kappa shape index (κ1) is 12.1. The van der Waals surface area contributed by atoms with Crippen LogP contribution in [-0.4, -0.2) is 19.6 Å². The molecule has 1 atom stereocenters. The van der Waals surface area contributed by atoms with Gasteiger partial charge in [-0.1, -0.05) is 12.1 Å². The fourth-order valence-electron chi connectivity index (χ4n) is 1.64. The maximum absolute atomic E-state index is 5.72. The molecule has 0 bridgehead atoms. The van der Waals surface area contributed by atoms with Gasteiger partial charge in [0, 0.05) is 25.3 Å². The second kappa shape index (κ2) is 5.76. The third-order valence-electron chi connectivity index (χ3n) is 2.60. The number of aryl methyl sites for hydroxylation is 1. The van der Waals surface area contributed by atoms with Gasteiger partial charge in [-0.05, 0) is 44.4 Å². The summed E-state index contributed by atoms with van der Waals surface area (Å²) in [6, 6.07) is 8.91. The Hall–Kier alpha value is -1.02. The van der Waals surface area contributed by atoms with E-state index in [9.17, 15) is 0 Å². The minimum Gasteiger partial charge on any atom is -0.375 e. The molecule has 1 aromatic rings. The van der Waals surface area contributed by atoms with Crippen LogP contribution in [0.5, 0.6) is 0 Å². The summed E-state index contributed by atoms with van der Waals surface area (Å²) in [7, 11) is 2.13. The van der Waals surface area contributed by atoms with Crippen LogP contribution >= 0.6 is 0 Å². The van der Waals surface area contributed by atoms with Crippen LogP contribution in [0.4, 0.5) is 5.69 Å². The van der Waals surface area contributed by atoms with E-state index in [1.807, 2.05) is 0 Å². The predicted molar refractivity (Wildman–Crippen MR) is 67.3 cm³/mol. The molecule has 0 saturated carbocycles. The van der Waals surface area contributed by atoms with Gasteiger partial charge in [0.25, 0.3) is 0 Å². The first-order valence-electron chi connectivity index (χ1n) is 5.63. The lowest BCUT2D eigenvalue weighted by molar-refractivity contribution is 0.621. The van der Waals surface area contributed by atoms with Crippen LogP contribution in [-0.2, 0) is 0 Å². The summed E-state index contributed by atoms with van der Waals surface area (Å²) in [6.45, 7) is 5.26. The van der Waals surface area contributed by atoms with Gasteiger partial charge in [-0.3, -0.25) is 0 Å². The van der Waals surface area contributed by atoms with E-state index in [1.54, 1.807) is 0 Å². The van der Waals surface area contributed by atoms with Gasteiger partial charge in [-0.15, -0.1) is 0 Å². The van der Waals surface area contributed by atoms with Gasteiger partial charge >= 0.3 is 0 Å². The summed E-state index contributed by atoms with van der Waals surface area (Å²) >= 11 is 0. The maximum Gasteiger partial charge on any atom is 0.0366 e. The summed E-state index contributed by atoms with van der Waals surface area (Å²) < 4.78 is 0.